The van der Waals surface area contributed by atoms with Crippen LogP contribution >= 0.6 is 0 Å². The molecular formula is C25H31FN4O2. The number of alkyl halides is 1. The normalized spacial score (nSPS) is 26.8. The molecule has 32 heavy (non-hydrogen) atoms. The molecule has 0 saturated heterocycles. The van der Waals surface area contributed by atoms with Gasteiger partial charge in [-0.2, -0.15) is 10.2 Å². The lowest BCUT2D eigenvalue weighted by atomic mass is 10.0. The lowest BCUT2D eigenvalue weighted by Gasteiger charge is -2.21. The summed E-state index contributed by atoms with van der Waals surface area (Å²) in [5.41, 5.74) is 2.75. The van der Waals surface area contributed by atoms with Crippen LogP contribution in [0.2, 0.25) is 0 Å². The molecule has 2 aromatic heterocycles. The van der Waals surface area contributed by atoms with Gasteiger partial charge in [-0.1, -0.05) is 0 Å². The molecule has 6 nitrogen and oxygen atoms in total. The molecular weight excluding hydrogens is 407 g/mol. The molecule has 0 aliphatic heterocycles. The van der Waals surface area contributed by atoms with E-state index in [1.807, 2.05) is 35.7 Å². The largest absolute Gasteiger partial charge is 0.490 e. The molecule has 1 aromatic carbocycles. The van der Waals surface area contributed by atoms with Crippen molar-refractivity contribution in [2.24, 2.45) is 13.0 Å². The van der Waals surface area contributed by atoms with Crippen LogP contribution in [0.5, 0.6) is 5.75 Å². The van der Waals surface area contributed by atoms with Crippen molar-refractivity contribution in [2.45, 2.75) is 77.1 Å². The number of ether oxygens (including phenoxy) is 1. The highest BCUT2D eigenvalue weighted by Crippen LogP contribution is 2.41. The van der Waals surface area contributed by atoms with Crippen molar-refractivity contribution in [3.05, 3.63) is 30.2 Å². The third kappa shape index (κ3) is 3.82. The average Bonchev–Trinajstić information content (AvgIpc) is 3.50. The molecule has 3 aromatic rings. The summed E-state index contributed by atoms with van der Waals surface area (Å²) in [6, 6.07) is 4.21. The summed E-state index contributed by atoms with van der Waals surface area (Å²) < 4.78 is 24.6. The van der Waals surface area contributed by atoms with Crippen LogP contribution in [0, 0.1) is 12.8 Å². The first-order valence-corrected chi connectivity index (χ1v) is 11.6. The van der Waals surface area contributed by atoms with Crippen molar-refractivity contribution in [1.82, 2.24) is 19.6 Å². The number of benzene rings is 1. The Kier molecular flexibility index (Phi) is 5.10. The summed E-state index contributed by atoms with van der Waals surface area (Å²) in [4.78, 5) is 11.8. The number of aromatic nitrogens is 4. The lowest BCUT2D eigenvalue weighted by molar-refractivity contribution is -0.117. The third-order valence-electron chi connectivity index (χ3n) is 7.42. The fraction of sp³-hybridized carbons (Fsp3) is 0.560. The molecule has 5 rings (SSSR count). The molecule has 0 N–H and O–H groups in total. The Morgan fingerprint density at radius 1 is 1.28 bits per heavy atom. The minimum atomic E-state index is -1.11. The lowest BCUT2D eigenvalue weighted by Crippen LogP contribution is -2.22. The molecule has 0 radical (unpaired) electrons. The summed E-state index contributed by atoms with van der Waals surface area (Å²) >= 11 is 0. The third-order valence-corrected chi connectivity index (χ3v) is 7.42. The zero-order chi connectivity index (χ0) is 22.6. The van der Waals surface area contributed by atoms with Crippen molar-refractivity contribution >= 4 is 16.7 Å². The summed E-state index contributed by atoms with van der Waals surface area (Å²) in [7, 11) is 1.93. The second-order valence-electron chi connectivity index (χ2n) is 9.96. The van der Waals surface area contributed by atoms with E-state index in [9.17, 15) is 9.18 Å². The van der Waals surface area contributed by atoms with Gasteiger partial charge >= 0.3 is 0 Å². The van der Waals surface area contributed by atoms with Gasteiger partial charge in [-0.15, -0.1) is 0 Å². The zero-order valence-electron chi connectivity index (χ0n) is 19.3. The maximum absolute atomic E-state index is 14.3. The number of hydrogen-bond donors (Lipinski definition) is 0. The van der Waals surface area contributed by atoms with Gasteiger partial charge in [0.25, 0.3) is 0 Å². The Hall–Kier alpha value is -2.70. The van der Waals surface area contributed by atoms with Crippen LogP contribution in [0.4, 0.5) is 4.39 Å². The summed E-state index contributed by atoms with van der Waals surface area (Å²) in [6.07, 6.45) is 7.80. The number of carbonyl (C=O) groups is 1. The van der Waals surface area contributed by atoms with Crippen LogP contribution in [-0.4, -0.2) is 37.1 Å². The fourth-order valence-electron chi connectivity index (χ4n) is 5.32. The second kappa shape index (κ2) is 7.71. The van der Waals surface area contributed by atoms with Crippen LogP contribution in [0.15, 0.2) is 24.5 Å². The number of nitrogens with zero attached hydrogens (tertiary/aromatic N) is 4. The number of Topliss-reactive ketones (excluding diaryl/α,β-unsaturated/α-hetero) is 1. The molecule has 4 atom stereocenters. The van der Waals surface area contributed by atoms with E-state index in [0.29, 0.717) is 31.5 Å². The standard InChI is InChI=1S/C25H31FN4O2/c1-15-24-22(28-29(15)4)10-18(11-23(24)32-16(2)17-5-6-21(31)9-17)19-13-27-30(14-19)20-7-8-25(3,26)12-20/h10-11,13-14,16-17,20H,5-9,12H2,1-4H3/t16-,17-,20?,25?/m1/s1. The molecule has 0 spiro atoms. The van der Waals surface area contributed by atoms with Gasteiger partial charge in [0.2, 0.25) is 0 Å². The van der Waals surface area contributed by atoms with Crippen LogP contribution in [0.3, 0.4) is 0 Å². The van der Waals surface area contributed by atoms with E-state index in [2.05, 4.69) is 29.3 Å². The maximum atomic E-state index is 14.3. The van der Waals surface area contributed by atoms with E-state index in [1.54, 1.807) is 6.92 Å². The first-order chi connectivity index (χ1) is 15.2. The Morgan fingerprint density at radius 3 is 2.78 bits per heavy atom. The SMILES string of the molecule is Cc1c2c(O[C@H](C)[C@@H]3CCC(=O)C3)cc(-c3cnn(C4CCC(C)(F)C4)c3)cc2nn1C. The molecule has 0 bridgehead atoms. The zero-order valence-corrected chi connectivity index (χ0v) is 19.3. The van der Waals surface area contributed by atoms with Gasteiger partial charge in [-0.3, -0.25) is 14.2 Å². The van der Waals surface area contributed by atoms with E-state index in [-0.39, 0.29) is 18.1 Å². The van der Waals surface area contributed by atoms with E-state index < -0.39 is 5.67 Å². The maximum Gasteiger partial charge on any atom is 0.133 e. The topological polar surface area (TPSA) is 61.9 Å². The minimum absolute atomic E-state index is 0.0528. The number of halogens is 1. The van der Waals surface area contributed by atoms with Crippen molar-refractivity contribution < 1.29 is 13.9 Å². The van der Waals surface area contributed by atoms with Crippen LogP contribution < -0.4 is 4.74 Å². The van der Waals surface area contributed by atoms with E-state index in [4.69, 9.17) is 4.74 Å². The first-order valence-electron chi connectivity index (χ1n) is 11.6. The Morgan fingerprint density at radius 2 is 2.09 bits per heavy atom. The number of aryl methyl sites for hydroxylation is 2. The number of ketones is 1. The summed E-state index contributed by atoms with van der Waals surface area (Å²) in [6.45, 7) is 5.77. The molecule has 2 aliphatic rings. The van der Waals surface area contributed by atoms with E-state index in [0.717, 1.165) is 46.3 Å². The van der Waals surface area contributed by atoms with Gasteiger partial charge in [0.05, 0.1) is 29.2 Å². The quantitative estimate of drug-likeness (QED) is 0.540. The predicted octanol–water partition coefficient (Wildman–Crippen LogP) is 5.33. The fourth-order valence-corrected chi connectivity index (χ4v) is 5.32. The average molecular weight is 439 g/mol. The van der Waals surface area contributed by atoms with Gasteiger partial charge in [0.15, 0.2) is 0 Å². The molecule has 2 heterocycles. The van der Waals surface area contributed by atoms with Crippen LogP contribution in [0.25, 0.3) is 22.0 Å². The molecule has 0 amide bonds. The van der Waals surface area contributed by atoms with Crippen LogP contribution in [0.1, 0.15) is 64.1 Å². The number of rotatable bonds is 5. The van der Waals surface area contributed by atoms with E-state index in [1.165, 1.54) is 0 Å². The van der Waals surface area contributed by atoms with Gasteiger partial charge in [-0.05, 0) is 57.7 Å². The first kappa shape index (κ1) is 21.2. The monoisotopic (exact) mass is 438 g/mol. The predicted molar refractivity (Wildman–Crippen MR) is 122 cm³/mol. The second-order valence-corrected chi connectivity index (χ2v) is 9.96. The van der Waals surface area contributed by atoms with Gasteiger partial charge in [0.1, 0.15) is 17.2 Å². The highest BCUT2D eigenvalue weighted by Gasteiger charge is 2.36. The summed E-state index contributed by atoms with van der Waals surface area (Å²) in [5.74, 6) is 1.36. The van der Waals surface area contributed by atoms with Crippen molar-refractivity contribution in [3.8, 4) is 16.9 Å². The van der Waals surface area contributed by atoms with Crippen molar-refractivity contribution in [1.29, 1.82) is 0 Å². The van der Waals surface area contributed by atoms with Gasteiger partial charge < -0.3 is 4.74 Å². The number of fused-ring (bicyclic) bond motifs is 1. The smallest absolute Gasteiger partial charge is 0.133 e. The molecule has 2 unspecified atom stereocenters. The Labute approximate surface area is 187 Å². The molecule has 7 heteroatoms. The Balaban J connectivity index is 1.49. The molecule has 2 aliphatic carbocycles. The highest BCUT2D eigenvalue weighted by atomic mass is 19.1. The van der Waals surface area contributed by atoms with E-state index >= 15 is 0 Å². The number of carbonyl (C=O) groups excluding carboxylic acids is 1. The van der Waals surface area contributed by atoms with Gasteiger partial charge in [-0.25, -0.2) is 4.39 Å². The number of hydrogen-bond acceptors (Lipinski definition) is 4. The molecule has 2 fully saturated rings. The minimum Gasteiger partial charge on any atom is -0.490 e. The molecule has 170 valence electrons. The van der Waals surface area contributed by atoms with Crippen molar-refractivity contribution in [2.75, 3.05) is 0 Å². The van der Waals surface area contributed by atoms with Crippen LogP contribution in [-0.2, 0) is 11.8 Å². The molecule has 2 saturated carbocycles. The Bertz CT molecular complexity index is 1180. The van der Waals surface area contributed by atoms with Gasteiger partial charge in [0, 0.05) is 49.7 Å². The summed E-state index contributed by atoms with van der Waals surface area (Å²) in [5, 5.41) is 10.2. The highest BCUT2D eigenvalue weighted by molar-refractivity contribution is 5.92. The van der Waals surface area contributed by atoms with Crippen molar-refractivity contribution in [3.63, 3.8) is 0 Å².